The first-order chi connectivity index (χ1) is 8.06. The molecule has 1 saturated heterocycles. The van der Waals surface area contributed by atoms with Crippen molar-refractivity contribution in [2.24, 2.45) is 17.6 Å². The summed E-state index contributed by atoms with van der Waals surface area (Å²) in [5.74, 6) is 2.63. The number of hydrogen-bond donors (Lipinski definition) is 1. The zero-order valence-corrected chi connectivity index (χ0v) is 12.1. The van der Waals surface area contributed by atoms with E-state index < -0.39 is 0 Å². The summed E-state index contributed by atoms with van der Waals surface area (Å²) in [5.41, 5.74) is 5.92. The first kappa shape index (κ1) is 14.8. The number of carbonyl (C=O) groups is 1. The highest BCUT2D eigenvalue weighted by Gasteiger charge is 2.27. The number of likely N-dealkylation sites (tertiary alicyclic amines) is 1. The maximum absolute atomic E-state index is 12.1. The van der Waals surface area contributed by atoms with Crippen LogP contribution in [0.4, 0.5) is 0 Å². The van der Waals surface area contributed by atoms with Gasteiger partial charge in [-0.3, -0.25) is 4.79 Å². The van der Waals surface area contributed by atoms with Crippen molar-refractivity contribution in [2.75, 3.05) is 25.1 Å². The van der Waals surface area contributed by atoms with E-state index >= 15 is 0 Å². The molecule has 1 rings (SSSR count). The van der Waals surface area contributed by atoms with Crippen molar-refractivity contribution in [2.45, 2.75) is 39.2 Å². The maximum atomic E-state index is 12.1. The Morgan fingerprint density at radius 2 is 2.00 bits per heavy atom. The molecule has 1 atom stereocenters. The lowest BCUT2D eigenvalue weighted by atomic mass is 9.86. The fraction of sp³-hybridized carbons (Fsp3) is 0.923. The molecule has 0 unspecified atom stereocenters. The van der Waals surface area contributed by atoms with Crippen molar-refractivity contribution in [3.63, 3.8) is 0 Å². The third kappa shape index (κ3) is 4.51. The van der Waals surface area contributed by atoms with E-state index in [9.17, 15) is 4.79 Å². The number of hydrogen-bond acceptors (Lipinski definition) is 3. The summed E-state index contributed by atoms with van der Waals surface area (Å²) < 4.78 is 0. The average Bonchev–Trinajstić information content (AvgIpc) is 2.35. The third-order valence-electron chi connectivity index (χ3n) is 3.74. The average molecular weight is 258 g/mol. The van der Waals surface area contributed by atoms with Crippen LogP contribution in [0.3, 0.4) is 0 Å². The maximum Gasteiger partial charge on any atom is 0.239 e. The normalized spacial score (nSPS) is 19.7. The van der Waals surface area contributed by atoms with Crippen LogP contribution in [-0.4, -0.2) is 41.9 Å². The second-order valence-corrected chi connectivity index (χ2v) is 6.28. The molecule has 0 aromatic carbocycles. The Morgan fingerprint density at radius 3 is 2.47 bits per heavy atom. The van der Waals surface area contributed by atoms with Crippen molar-refractivity contribution in [1.82, 2.24) is 4.90 Å². The van der Waals surface area contributed by atoms with E-state index in [-0.39, 0.29) is 11.9 Å². The summed E-state index contributed by atoms with van der Waals surface area (Å²) in [4.78, 5) is 14.0. The lowest BCUT2D eigenvalue weighted by molar-refractivity contribution is -0.134. The van der Waals surface area contributed by atoms with Crippen LogP contribution in [0.25, 0.3) is 0 Å². The molecule has 0 aromatic heterocycles. The van der Waals surface area contributed by atoms with Crippen molar-refractivity contribution in [3.8, 4) is 0 Å². The van der Waals surface area contributed by atoms with Gasteiger partial charge in [0.1, 0.15) is 0 Å². The van der Waals surface area contributed by atoms with Gasteiger partial charge in [-0.15, -0.1) is 0 Å². The van der Waals surface area contributed by atoms with Gasteiger partial charge in [-0.25, -0.2) is 0 Å². The number of nitrogens with two attached hydrogens (primary N) is 1. The molecule has 0 spiro atoms. The van der Waals surface area contributed by atoms with Crippen molar-refractivity contribution in [3.05, 3.63) is 0 Å². The largest absolute Gasteiger partial charge is 0.341 e. The van der Waals surface area contributed by atoms with Crippen molar-refractivity contribution < 1.29 is 4.79 Å². The molecule has 2 N–H and O–H groups in total. The molecule has 17 heavy (non-hydrogen) atoms. The predicted molar refractivity (Wildman–Crippen MR) is 75.1 cm³/mol. The molecule has 100 valence electrons. The van der Waals surface area contributed by atoms with E-state index in [0.29, 0.717) is 0 Å². The molecule has 0 aliphatic carbocycles. The van der Waals surface area contributed by atoms with E-state index in [1.165, 1.54) is 0 Å². The Bertz CT molecular complexity index is 238. The molecular weight excluding hydrogens is 232 g/mol. The van der Waals surface area contributed by atoms with Crippen molar-refractivity contribution >= 4 is 17.7 Å². The van der Waals surface area contributed by atoms with E-state index in [4.69, 9.17) is 5.73 Å². The third-order valence-corrected chi connectivity index (χ3v) is 4.39. The summed E-state index contributed by atoms with van der Waals surface area (Å²) >= 11 is 1.75. The Kier molecular flexibility index (Phi) is 6.34. The van der Waals surface area contributed by atoms with E-state index in [0.717, 1.165) is 49.9 Å². The fourth-order valence-electron chi connectivity index (χ4n) is 2.39. The molecule has 0 radical (unpaired) electrons. The van der Waals surface area contributed by atoms with Gasteiger partial charge >= 0.3 is 0 Å². The van der Waals surface area contributed by atoms with Gasteiger partial charge < -0.3 is 10.6 Å². The predicted octanol–water partition coefficient (Wildman–Crippen LogP) is 1.96. The first-order valence-corrected chi connectivity index (χ1v) is 7.99. The highest BCUT2D eigenvalue weighted by molar-refractivity contribution is 7.98. The number of amides is 1. The lowest BCUT2D eigenvalue weighted by Crippen LogP contribution is -2.47. The molecular formula is C13H26N2OS. The number of piperidine rings is 1. The quantitative estimate of drug-likeness (QED) is 0.820. The molecule has 4 heteroatoms. The SMILES string of the molecule is CSCC[C@@H](N)C(=O)N1CCC(C(C)C)CC1. The Hall–Kier alpha value is -0.220. The molecule has 1 heterocycles. The summed E-state index contributed by atoms with van der Waals surface area (Å²) in [7, 11) is 0. The molecule has 1 amide bonds. The standard InChI is InChI=1S/C13H26N2OS/c1-10(2)11-4-7-15(8-5-11)13(16)12(14)6-9-17-3/h10-12H,4-9,14H2,1-3H3/t12-/m1/s1. The fourth-order valence-corrected chi connectivity index (χ4v) is 2.88. The monoisotopic (exact) mass is 258 g/mol. The Labute approximate surface area is 109 Å². The Morgan fingerprint density at radius 1 is 1.41 bits per heavy atom. The molecule has 3 nitrogen and oxygen atoms in total. The Balaban J connectivity index is 2.35. The molecule has 0 saturated carbocycles. The summed E-state index contributed by atoms with van der Waals surface area (Å²) in [5, 5.41) is 0. The van der Waals surface area contributed by atoms with Gasteiger partial charge in [-0.05, 0) is 43.1 Å². The minimum Gasteiger partial charge on any atom is -0.341 e. The summed E-state index contributed by atoms with van der Waals surface area (Å²) in [6.45, 7) is 6.34. The van der Waals surface area contributed by atoms with Gasteiger partial charge in [0.25, 0.3) is 0 Å². The van der Waals surface area contributed by atoms with Gasteiger partial charge in [0.15, 0.2) is 0 Å². The molecule has 0 bridgehead atoms. The number of carbonyl (C=O) groups excluding carboxylic acids is 1. The number of thioether (sulfide) groups is 1. The number of rotatable bonds is 5. The van der Waals surface area contributed by atoms with Crippen LogP contribution < -0.4 is 5.73 Å². The summed E-state index contributed by atoms with van der Waals surface area (Å²) in [6, 6.07) is -0.293. The highest BCUT2D eigenvalue weighted by atomic mass is 32.2. The van der Waals surface area contributed by atoms with Crippen LogP contribution in [0.2, 0.25) is 0 Å². The molecule has 1 aliphatic heterocycles. The number of nitrogens with zero attached hydrogens (tertiary/aromatic N) is 1. The van der Waals surface area contributed by atoms with E-state index in [1.54, 1.807) is 11.8 Å². The lowest BCUT2D eigenvalue weighted by Gasteiger charge is -2.35. The minimum absolute atomic E-state index is 0.154. The smallest absolute Gasteiger partial charge is 0.239 e. The van der Waals surface area contributed by atoms with Crippen LogP contribution in [-0.2, 0) is 4.79 Å². The van der Waals surface area contributed by atoms with Crippen LogP contribution in [0, 0.1) is 11.8 Å². The van der Waals surface area contributed by atoms with Crippen LogP contribution >= 0.6 is 11.8 Å². The molecule has 0 aromatic rings. The van der Waals surface area contributed by atoms with Gasteiger partial charge in [-0.1, -0.05) is 13.8 Å². The van der Waals surface area contributed by atoms with Crippen molar-refractivity contribution in [1.29, 1.82) is 0 Å². The van der Waals surface area contributed by atoms with E-state index in [2.05, 4.69) is 13.8 Å². The van der Waals surface area contributed by atoms with Crippen LogP contribution in [0.15, 0.2) is 0 Å². The van der Waals surface area contributed by atoms with Gasteiger partial charge in [0.05, 0.1) is 6.04 Å². The second kappa shape index (κ2) is 7.27. The van der Waals surface area contributed by atoms with Gasteiger partial charge in [0.2, 0.25) is 5.91 Å². The summed E-state index contributed by atoms with van der Waals surface area (Å²) in [6.07, 6.45) is 5.12. The van der Waals surface area contributed by atoms with Gasteiger partial charge in [-0.2, -0.15) is 11.8 Å². The first-order valence-electron chi connectivity index (χ1n) is 6.59. The second-order valence-electron chi connectivity index (χ2n) is 5.29. The van der Waals surface area contributed by atoms with Crippen LogP contribution in [0.5, 0.6) is 0 Å². The zero-order valence-electron chi connectivity index (χ0n) is 11.3. The van der Waals surface area contributed by atoms with Gasteiger partial charge in [0, 0.05) is 13.1 Å². The molecule has 1 fully saturated rings. The van der Waals surface area contributed by atoms with E-state index in [1.807, 2.05) is 11.2 Å². The zero-order chi connectivity index (χ0) is 12.8. The molecule has 1 aliphatic rings. The van der Waals surface area contributed by atoms with Crippen LogP contribution in [0.1, 0.15) is 33.1 Å². The highest BCUT2D eigenvalue weighted by Crippen LogP contribution is 2.24. The minimum atomic E-state index is -0.293. The topological polar surface area (TPSA) is 46.3 Å².